The van der Waals surface area contributed by atoms with Crippen LogP contribution >= 0.6 is 0 Å². The van der Waals surface area contributed by atoms with Crippen LogP contribution < -0.4 is 0 Å². The SMILES string of the molecule is C#C[C@]1(O)[C@H](O)C[C@H]2[C@@H]3[C@@H](O)C=C4C[C@H](O)[C@@H](O)C[C@]4(C)[C@H]3CC[C@@]21C. The molecule has 5 heteroatoms. The average molecular weight is 362 g/mol. The molecule has 0 bridgehead atoms. The summed E-state index contributed by atoms with van der Waals surface area (Å²) in [5.41, 5.74) is -1.47. The lowest BCUT2D eigenvalue weighted by molar-refractivity contribution is -0.143. The molecule has 10 atom stereocenters. The molecule has 0 aromatic heterocycles. The van der Waals surface area contributed by atoms with Gasteiger partial charge in [0.05, 0.1) is 24.4 Å². The van der Waals surface area contributed by atoms with E-state index in [1.54, 1.807) is 0 Å². The highest BCUT2D eigenvalue weighted by atomic mass is 16.3. The molecule has 5 nitrogen and oxygen atoms in total. The Labute approximate surface area is 154 Å². The molecule has 4 aliphatic carbocycles. The molecule has 4 aliphatic rings. The van der Waals surface area contributed by atoms with Crippen LogP contribution in [0.5, 0.6) is 0 Å². The van der Waals surface area contributed by atoms with E-state index < -0.39 is 35.4 Å². The molecule has 0 unspecified atom stereocenters. The summed E-state index contributed by atoms with van der Waals surface area (Å²) in [6.45, 7) is 4.07. The number of terminal acetylenes is 1. The van der Waals surface area contributed by atoms with E-state index in [0.29, 0.717) is 25.7 Å². The number of aliphatic hydroxyl groups is 5. The number of hydrogen-bond acceptors (Lipinski definition) is 5. The van der Waals surface area contributed by atoms with Crippen LogP contribution in [0.1, 0.15) is 46.0 Å². The van der Waals surface area contributed by atoms with Gasteiger partial charge >= 0.3 is 0 Å². The van der Waals surface area contributed by atoms with E-state index in [4.69, 9.17) is 6.42 Å². The van der Waals surface area contributed by atoms with Gasteiger partial charge in [0.15, 0.2) is 5.60 Å². The van der Waals surface area contributed by atoms with Gasteiger partial charge in [-0.25, -0.2) is 0 Å². The molecule has 144 valence electrons. The van der Waals surface area contributed by atoms with Crippen molar-refractivity contribution in [3.8, 4) is 12.3 Å². The van der Waals surface area contributed by atoms with E-state index >= 15 is 0 Å². The van der Waals surface area contributed by atoms with Gasteiger partial charge < -0.3 is 25.5 Å². The summed E-state index contributed by atoms with van der Waals surface area (Å²) < 4.78 is 0. The van der Waals surface area contributed by atoms with Crippen LogP contribution in [0, 0.1) is 40.9 Å². The lowest BCUT2D eigenvalue weighted by atomic mass is 9.46. The van der Waals surface area contributed by atoms with E-state index in [0.717, 1.165) is 12.0 Å². The minimum absolute atomic E-state index is 0.0917. The van der Waals surface area contributed by atoms with Crippen LogP contribution in [-0.4, -0.2) is 55.5 Å². The fourth-order valence-corrected chi connectivity index (χ4v) is 6.96. The highest BCUT2D eigenvalue weighted by Gasteiger charge is 2.68. The maximum atomic E-state index is 11.0. The van der Waals surface area contributed by atoms with Crippen molar-refractivity contribution in [2.75, 3.05) is 0 Å². The van der Waals surface area contributed by atoms with Crippen molar-refractivity contribution >= 4 is 0 Å². The first-order valence-electron chi connectivity index (χ1n) is 9.72. The topological polar surface area (TPSA) is 101 Å². The third kappa shape index (κ3) is 2.05. The summed E-state index contributed by atoms with van der Waals surface area (Å²) >= 11 is 0. The Morgan fingerprint density at radius 1 is 1.12 bits per heavy atom. The summed E-state index contributed by atoms with van der Waals surface area (Å²) in [6.07, 6.45) is 6.90. The Morgan fingerprint density at radius 3 is 2.46 bits per heavy atom. The largest absolute Gasteiger partial charge is 0.390 e. The molecular weight excluding hydrogens is 332 g/mol. The molecule has 0 saturated heterocycles. The number of rotatable bonds is 0. The van der Waals surface area contributed by atoms with Crippen LogP contribution in [0.3, 0.4) is 0 Å². The van der Waals surface area contributed by atoms with E-state index in [9.17, 15) is 25.5 Å². The van der Waals surface area contributed by atoms with Crippen molar-refractivity contribution in [1.82, 2.24) is 0 Å². The molecule has 0 aromatic carbocycles. The van der Waals surface area contributed by atoms with E-state index in [-0.39, 0.29) is 23.2 Å². The van der Waals surface area contributed by atoms with Gasteiger partial charge in [-0.1, -0.05) is 31.4 Å². The molecule has 5 N–H and O–H groups in total. The molecule has 0 aliphatic heterocycles. The zero-order valence-electron chi connectivity index (χ0n) is 15.5. The second kappa shape index (κ2) is 5.56. The predicted octanol–water partition coefficient (Wildman–Crippen LogP) is 0.587. The molecule has 0 amide bonds. The van der Waals surface area contributed by atoms with Gasteiger partial charge in [-0.15, -0.1) is 6.42 Å². The molecular formula is C21H30O5. The minimum Gasteiger partial charge on any atom is -0.390 e. The maximum absolute atomic E-state index is 11.0. The highest BCUT2D eigenvalue weighted by Crippen LogP contribution is 2.67. The van der Waals surface area contributed by atoms with Crippen molar-refractivity contribution in [2.45, 2.75) is 76.0 Å². The summed E-state index contributed by atoms with van der Waals surface area (Å²) in [4.78, 5) is 0. The van der Waals surface area contributed by atoms with Gasteiger partial charge in [-0.2, -0.15) is 0 Å². The number of fused-ring (bicyclic) bond motifs is 5. The molecule has 0 spiro atoms. The van der Waals surface area contributed by atoms with Crippen LogP contribution in [-0.2, 0) is 0 Å². The normalized spacial score (nSPS) is 58.8. The van der Waals surface area contributed by atoms with Crippen molar-refractivity contribution in [1.29, 1.82) is 0 Å². The second-order valence-corrected chi connectivity index (χ2v) is 9.55. The van der Waals surface area contributed by atoms with E-state index in [2.05, 4.69) is 12.8 Å². The quantitative estimate of drug-likeness (QED) is 0.321. The average Bonchev–Trinajstić information content (AvgIpc) is 2.78. The van der Waals surface area contributed by atoms with Crippen LogP contribution in [0.15, 0.2) is 11.6 Å². The van der Waals surface area contributed by atoms with Crippen molar-refractivity contribution in [3.63, 3.8) is 0 Å². The van der Waals surface area contributed by atoms with Gasteiger partial charge in [0.25, 0.3) is 0 Å². The molecule has 4 rings (SSSR count). The van der Waals surface area contributed by atoms with Crippen molar-refractivity contribution in [3.05, 3.63) is 11.6 Å². The molecule has 0 heterocycles. The Morgan fingerprint density at radius 2 is 1.81 bits per heavy atom. The minimum atomic E-state index is -1.57. The summed E-state index contributed by atoms with van der Waals surface area (Å²) in [5.74, 6) is 2.37. The molecule has 3 fully saturated rings. The monoisotopic (exact) mass is 362 g/mol. The fourth-order valence-electron chi connectivity index (χ4n) is 6.96. The molecule has 0 aromatic rings. The molecule has 3 saturated carbocycles. The second-order valence-electron chi connectivity index (χ2n) is 9.55. The lowest BCUT2D eigenvalue weighted by Crippen LogP contribution is -2.59. The Hall–Kier alpha value is -0.900. The van der Waals surface area contributed by atoms with Crippen molar-refractivity contribution in [2.24, 2.45) is 28.6 Å². The molecule has 0 radical (unpaired) electrons. The smallest absolute Gasteiger partial charge is 0.156 e. The van der Waals surface area contributed by atoms with Gasteiger partial charge in [0.2, 0.25) is 0 Å². The zero-order chi connectivity index (χ0) is 19.1. The number of aliphatic hydroxyl groups excluding tert-OH is 4. The predicted molar refractivity (Wildman–Crippen MR) is 95.7 cm³/mol. The lowest BCUT2D eigenvalue weighted by Gasteiger charge is -2.59. The maximum Gasteiger partial charge on any atom is 0.156 e. The Balaban J connectivity index is 1.77. The van der Waals surface area contributed by atoms with Crippen molar-refractivity contribution < 1.29 is 25.5 Å². The first-order valence-corrected chi connectivity index (χ1v) is 9.72. The van der Waals surface area contributed by atoms with Crippen LogP contribution in [0.4, 0.5) is 0 Å². The standard InChI is InChI=1S/C21H30O5/c1-4-21(26)17(25)9-13-18-12(5-6-20(13,21)3)19(2)10-16(24)14(22)7-11(19)8-15(18)23/h1,8,12-18,22-26H,5-7,9-10H2,2-3H3/t12-,13-,14-,15-,16-,17+,18+,19-,20-,21-/m0/s1. The third-order valence-corrected chi connectivity index (χ3v) is 8.60. The number of hydrogen-bond donors (Lipinski definition) is 5. The summed E-state index contributed by atoms with van der Waals surface area (Å²) in [5, 5.41) is 52.9. The Kier molecular flexibility index (Phi) is 3.95. The van der Waals surface area contributed by atoms with Gasteiger partial charge in [0.1, 0.15) is 0 Å². The highest BCUT2D eigenvalue weighted by molar-refractivity contribution is 5.32. The van der Waals surface area contributed by atoms with Crippen LogP contribution in [0.25, 0.3) is 0 Å². The van der Waals surface area contributed by atoms with E-state index in [1.807, 2.05) is 13.0 Å². The zero-order valence-corrected chi connectivity index (χ0v) is 15.5. The van der Waals surface area contributed by atoms with Gasteiger partial charge in [-0.05, 0) is 55.3 Å². The first-order chi connectivity index (χ1) is 12.1. The summed E-state index contributed by atoms with van der Waals surface area (Å²) in [6, 6.07) is 0. The summed E-state index contributed by atoms with van der Waals surface area (Å²) in [7, 11) is 0. The molecule has 26 heavy (non-hydrogen) atoms. The van der Waals surface area contributed by atoms with E-state index in [1.165, 1.54) is 0 Å². The van der Waals surface area contributed by atoms with Gasteiger partial charge in [-0.3, -0.25) is 0 Å². The first kappa shape index (κ1) is 18.5. The third-order valence-electron chi connectivity index (χ3n) is 8.60. The van der Waals surface area contributed by atoms with Crippen LogP contribution in [0.2, 0.25) is 0 Å². The van der Waals surface area contributed by atoms with Gasteiger partial charge in [0, 0.05) is 5.41 Å². The fraction of sp³-hybridized carbons (Fsp3) is 0.810. The Bertz CT molecular complexity index is 682.